The molecule has 0 atom stereocenters. The Morgan fingerprint density at radius 1 is 1.07 bits per heavy atom. The highest BCUT2D eigenvalue weighted by Gasteiger charge is 2.25. The van der Waals surface area contributed by atoms with Crippen molar-refractivity contribution in [2.45, 2.75) is 19.3 Å². The molecule has 2 N–H and O–H groups in total. The summed E-state index contributed by atoms with van der Waals surface area (Å²) in [4.78, 5) is 41.0. The zero-order chi connectivity index (χ0) is 19.1. The third kappa shape index (κ3) is 5.53. The van der Waals surface area contributed by atoms with Crippen LogP contribution in [-0.4, -0.2) is 79.9 Å². The molecule has 3 rings (SSSR count). The monoisotopic (exact) mass is 373 g/mol. The van der Waals surface area contributed by atoms with E-state index >= 15 is 0 Å². The molecule has 7 heteroatoms. The lowest BCUT2D eigenvalue weighted by Crippen LogP contribution is -3.15. The summed E-state index contributed by atoms with van der Waals surface area (Å²) in [5.74, 6) is 0.338. The molecule has 2 fully saturated rings. The Bertz CT molecular complexity index is 656. The lowest BCUT2D eigenvalue weighted by atomic mass is 10.2. The Morgan fingerprint density at radius 3 is 2.48 bits per heavy atom. The predicted octanol–water partition coefficient (Wildman–Crippen LogP) is -0.844. The van der Waals surface area contributed by atoms with Crippen LogP contribution in [0.1, 0.15) is 29.6 Å². The number of piperazine rings is 1. The summed E-state index contributed by atoms with van der Waals surface area (Å²) in [6.45, 7) is 5.54. The molecule has 2 aliphatic rings. The van der Waals surface area contributed by atoms with E-state index in [1.807, 2.05) is 40.1 Å². The predicted molar refractivity (Wildman–Crippen MR) is 101 cm³/mol. The van der Waals surface area contributed by atoms with Crippen molar-refractivity contribution >= 4 is 17.7 Å². The van der Waals surface area contributed by atoms with E-state index in [-0.39, 0.29) is 17.7 Å². The number of carbonyl (C=O) groups excluding carboxylic acids is 3. The van der Waals surface area contributed by atoms with Gasteiger partial charge < -0.3 is 20.0 Å². The number of amides is 3. The second-order valence-corrected chi connectivity index (χ2v) is 7.27. The number of hydrogen-bond acceptors (Lipinski definition) is 3. The van der Waals surface area contributed by atoms with Gasteiger partial charge in [-0.15, -0.1) is 0 Å². The highest BCUT2D eigenvalue weighted by Crippen LogP contribution is 2.09. The van der Waals surface area contributed by atoms with Crippen molar-refractivity contribution in [1.29, 1.82) is 0 Å². The maximum Gasteiger partial charge on any atom is 0.275 e. The van der Waals surface area contributed by atoms with Crippen molar-refractivity contribution < 1.29 is 19.3 Å². The van der Waals surface area contributed by atoms with Gasteiger partial charge in [0.2, 0.25) is 5.91 Å². The number of nitrogens with one attached hydrogen (secondary N) is 2. The van der Waals surface area contributed by atoms with E-state index in [2.05, 4.69) is 5.32 Å². The maximum absolute atomic E-state index is 12.4. The molecular weight excluding hydrogens is 344 g/mol. The molecule has 0 bridgehead atoms. The second-order valence-electron chi connectivity index (χ2n) is 7.27. The Kier molecular flexibility index (Phi) is 6.81. The minimum absolute atomic E-state index is 0.0422. The quantitative estimate of drug-likeness (QED) is 0.612. The van der Waals surface area contributed by atoms with Crippen LogP contribution in [0.2, 0.25) is 0 Å². The first-order valence-electron chi connectivity index (χ1n) is 9.86. The summed E-state index contributed by atoms with van der Waals surface area (Å²) in [7, 11) is 0. The molecule has 0 aliphatic carbocycles. The molecule has 2 heterocycles. The van der Waals surface area contributed by atoms with Gasteiger partial charge in [-0.1, -0.05) is 18.2 Å². The van der Waals surface area contributed by atoms with Gasteiger partial charge in [0.15, 0.2) is 6.54 Å². The normalized spacial score (nSPS) is 18.0. The number of likely N-dealkylation sites (tertiary alicyclic amines) is 1. The SMILES string of the molecule is O=C(C[NH+]1CCN(C(=O)c2ccccc2)CC1)NCCCN1CCCC1=O. The summed E-state index contributed by atoms with van der Waals surface area (Å²) in [5, 5.41) is 2.95. The van der Waals surface area contributed by atoms with Crippen molar-refractivity contribution in [3.63, 3.8) is 0 Å². The van der Waals surface area contributed by atoms with Crippen molar-refractivity contribution in [2.75, 3.05) is 52.4 Å². The molecule has 1 aromatic rings. The molecule has 0 saturated carbocycles. The number of carbonyl (C=O) groups is 3. The van der Waals surface area contributed by atoms with Crippen LogP contribution in [0, 0.1) is 0 Å². The molecule has 0 aromatic heterocycles. The van der Waals surface area contributed by atoms with Gasteiger partial charge in [-0.25, -0.2) is 0 Å². The first-order chi connectivity index (χ1) is 13.1. The highest BCUT2D eigenvalue weighted by molar-refractivity contribution is 5.94. The van der Waals surface area contributed by atoms with Crippen LogP contribution >= 0.6 is 0 Å². The van der Waals surface area contributed by atoms with Crippen LogP contribution in [0.4, 0.5) is 0 Å². The number of nitrogens with zero attached hydrogens (tertiary/aromatic N) is 2. The molecule has 0 radical (unpaired) electrons. The van der Waals surface area contributed by atoms with E-state index in [1.165, 1.54) is 4.90 Å². The van der Waals surface area contributed by atoms with E-state index in [4.69, 9.17) is 0 Å². The van der Waals surface area contributed by atoms with Crippen LogP contribution in [0.15, 0.2) is 30.3 Å². The Hall–Kier alpha value is -2.41. The van der Waals surface area contributed by atoms with Gasteiger partial charge in [0.25, 0.3) is 11.8 Å². The highest BCUT2D eigenvalue weighted by atomic mass is 16.2. The van der Waals surface area contributed by atoms with Gasteiger partial charge in [0.05, 0.1) is 26.2 Å². The average molecular weight is 373 g/mol. The first-order valence-corrected chi connectivity index (χ1v) is 9.86. The minimum Gasteiger partial charge on any atom is -0.351 e. The topological polar surface area (TPSA) is 74.2 Å². The molecule has 2 aliphatic heterocycles. The minimum atomic E-state index is 0.0422. The lowest BCUT2D eigenvalue weighted by molar-refractivity contribution is -0.896. The molecule has 0 spiro atoms. The van der Waals surface area contributed by atoms with Gasteiger partial charge in [-0.05, 0) is 25.0 Å². The third-order valence-electron chi connectivity index (χ3n) is 5.29. The average Bonchev–Trinajstić information content (AvgIpc) is 3.11. The summed E-state index contributed by atoms with van der Waals surface area (Å²) in [6.07, 6.45) is 2.41. The first kappa shape index (κ1) is 19.4. The zero-order valence-corrected chi connectivity index (χ0v) is 15.8. The number of hydrogen-bond donors (Lipinski definition) is 2. The molecule has 0 unspecified atom stereocenters. The second kappa shape index (κ2) is 9.50. The lowest BCUT2D eigenvalue weighted by Gasteiger charge is -2.32. The zero-order valence-electron chi connectivity index (χ0n) is 15.8. The fourth-order valence-electron chi connectivity index (χ4n) is 3.69. The number of benzene rings is 1. The van der Waals surface area contributed by atoms with Crippen LogP contribution < -0.4 is 10.2 Å². The summed E-state index contributed by atoms with van der Waals surface area (Å²) in [6, 6.07) is 9.33. The Morgan fingerprint density at radius 2 is 1.81 bits per heavy atom. The van der Waals surface area contributed by atoms with Crippen molar-refractivity contribution in [3.8, 4) is 0 Å². The standard InChI is InChI=1S/C20H28N4O3/c25-18(21-9-5-11-23-10-4-8-19(23)26)16-22-12-14-24(15-13-22)20(27)17-6-2-1-3-7-17/h1-3,6-7H,4-5,8-16H2,(H,21,25)/p+1. The van der Waals surface area contributed by atoms with Crippen LogP contribution in [-0.2, 0) is 9.59 Å². The van der Waals surface area contributed by atoms with E-state index in [0.29, 0.717) is 32.6 Å². The van der Waals surface area contributed by atoms with Crippen LogP contribution in [0.25, 0.3) is 0 Å². The molecule has 3 amide bonds. The molecular formula is C20H29N4O3+. The van der Waals surface area contributed by atoms with Crippen molar-refractivity contribution in [3.05, 3.63) is 35.9 Å². The van der Waals surface area contributed by atoms with E-state index in [9.17, 15) is 14.4 Å². The smallest absolute Gasteiger partial charge is 0.275 e. The van der Waals surface area contributed by atoms with Gasteiger partial charge >= 0.3 is 0 Å². The van der Waals surface area contributed by atoms with Crippen LogP contribution in [0.3, 0.4) is 0 Å². The van der Waals surface area contributed by atoms with Crippen molar-refractivity contribution in [1.82, 2.24) is 15.1 Å². The summed E-state index contributed by atoms with van der Waals surface area (Å²) < 4.78 is 0. The van der Waals surface area contributed by atoms with E-state index < -0.39 is 0 Å². The largest absolute Gasteiger partial charge is 0.351 e. The summed E-state index contributed by atoms with van der Waals surface area (Å²) >= 11 is 0. The Balaban J connectivity index is 1.31. The van der Waals surface area contributed by atoms with Gasteiger partial charge in [0.1, 0.15) is 0 Å². The van der Waals surface area contributed by atoms with Crippen molar-refractivity contribution in [2.24, 2.45) is 0 Å². The van der Waals surface area contributed by atoms with Gasteiger partial charge in [-0.2, -0.15) is 0 Å². The van der Waals surface area contributed by atoms with E-state index in [1.54, 1.807) is 0 Å². The number of quaternary nitrogens is 1. The van der Waals surface area contributed by atoms with Gasteiger partial charge in [-0.3, -0.25) is 14.4 Å². The van der Waals surface area contributed by atoms with Crippen LogP contribution in [0.5, 0.6) is 0 Å². The Labute approximate surface area is 160 Å². The molecule has 2 saturated heterocycles. The fraction of sp³-hybridized carbons (Fsp3) is 0.550. The molecule has 1 aromatic carbocycles. The summed E-state index contributed by atoms with van der Waals surface area (Å²) in [5.41, 5.74) is 0.718. The van der Waals surface area contributed by atoms with Gasteiger partial charge in [0, 0.05) is 31.6 Å². The molecule has 7 nitrogen and oxygen atoms in total. The fourth-order valence-corrected chi connectivity index (χ4v) is 3.69. The maximum atomic E-state index is 12.4. The molecule has 27 heavy (non-hydrogen) atoms. The van der Waals surface area contributed by atoms with E-state index in [0.717, 1.165) is 44.6 Å². The number of rotatable bonds is 7. The molecule has 146 valence electrons. The third-order valence-corrected chi connectivity index (χ3v) is 5.29.